The standard InChI is InChI=1S/C17H14Cl2N4/c1-11-17(21-20-15-9-13(18)8-14(19)10-15)12(2)23(22-11)16-6-4-3-5-7-16/h3-10H,1-2H3. The van der Waals surface area contributed by atoms with Crippen molar-refractivity contribution >= 4 is 34.6 Å². The van der Waals surface area contributed by atoms with Crippen LogP contribution in [0.15, 0.2) is 58.8 Å². The maximum absolute atomic E-state index is 5.98. The number of aromatic nitrogens is 2. The van der Waals surface area contributed by atoms with E-state index in [9.17, 15) is 0 Å². The zero-order chi connectivity index (χ0) is 16.4. The van der Waals surface area contributed by atoms with Gasteiger partial charge in [0.05, 0.1) is 22.8 Å². The largest absolute Gasteiger partial charge is 0.236 e. The number of para-hydroxylation sites is 1. The van der Waals surface area contributed by atoms with Crippen LogP contribution in [0.25, 0.3) is 5.69 Å². The number of aryl methyl sites for hydroxylation is 1. The van der Waals surface area contributed by atoms with Gasteiger partial charge in [0.1, 0.15) is 5.69 Å². The molecule has 0 aliphatic rings. The van der Waals surface area contributed by atoms with Gasteiger partial charge < -0.3 is 0 Å². The highest BCUT2D eigenvalue weighted by Crippen LogP contribution is 2.29. The third-order valence-electron chi connectivity index (χ3n) is 3.37. The molecule has 0 amide bonds. The predicted molar refractivity (Wildman–Crippen MR) is 93.7 cm³/mol. The molecule has 0 aliphatic heterocycles. The Morgan fingerprint density at radius 1 is 0.913 bits per heavy atom. The first-order chi connectivity index (χ1) is 11.0. The van der Waals surface area contributed by atoms with Crippen molar-refractivity contribution in [3.63, 3.8) is 0 Å². The van der Waals surface area contributed by atoms with Crippen LogP contribution < -0.4 is 0 Å². The lowest BCUT2D eigenvalue weighted by molar-refractivity contribution is 0.833. The summed E-state index contributed by atoms with van der Waals surface area (Å²) in [6.07, 6.45) is 0. The quantitative estimate of drug-likeness (QED) is 0.520. The molecule has 0 saturated carbocycles. The first kappa shape index (κ1) is 15.7. The first-order valence-electron chi connectivity index (χ1n) is 7.04. The Morgan fingerprint density at radius 3 is 2.22 bits per heavy atom. The predicted octanol–water partition coefficient (Wildman–Crippen LogP) is 6.21. The topological polar surface area (TPSA) is 42.5 Å². The zero-order valence-corrected chi connectivity index (χ0v) is 14.2. The van der Waals surface area contributed by atoms with Crippen LogP contribution in [0, 0.1) is 13.8 Å². The number of nitrogens with zero attached hydrogens (tertiary/aromatic N) is 4. The molecule has 0 unspecified atom stereocenters. The second-order valence-corrected chi connectivity index (χ2v) is 5.97. The number of benzene rings is 2. The van der Waals surface area contributed by atoms with E-state index in [1.807, 2.05) is 48.9 Å². The van der Waals surface area contributed by atoms with Crippen molar-refractivity contribution in [3.05, 3.63) is 70.0 Å². The van der Waals surface area contributed by atoms with Gasteiger partial charge in [0.2, 0.25) is 0 Å². The van der Waals surface area contributed by atoms with E-state index in [-0.39, 0.29) is 0 Å². The van der Waals surface area contributed by atoms with Crippen molar-refractivity contribution in [1.29, 1.82) is 0 Å². The third-order valence-corrected chi connectivity index (χ3v) is 3.80. The fourth-order valence-corrected chi connectivity index (χ4v) is 2.82. The molecule has 0 atom stereocenters. The molecule has 3 rings (SSSR count). The molecule has 1 heterocycles. The van der Waals surface area contributed by atoms with Gasteiger partial charge in [-0.2, -0.15) is 10.2 Å². The van der Waals surface area contributed by atoms with E-state index in [4.69, 9.17) is 23.2 Å². The number of halogens is 2. The summed E-state index contributed by atoms with van der Waals surface area (Å²) in [6.45, 7) is 3.87. The molecular formula is C17H14Cl2N4. The minimum Gasteiger partial charge on any atom is -0.236 e. The number of azo groups is 1. The molecular weight excluding hydrogens is 331 g/mol. The lowest BCUT2D eigenvalue weighted by atomic mass is 10.3. The van der Waals surface area contributed by atoms with E-state index < -0.39 is 0 Å². The van der Waals surface area contributed by atoms with Crippen LogP contribution >= 0.6 is 23.2 Å². The summed E-state index contributed by atoms with van der Waals surface area (Å²) in [5, 5.41) is 14.2. The van der Waals surface area contributed by atoms with Crippen molar-refractivity contribution in [1.82, 2.24) is 9.78 Å². The van der Waals surface area contributed by atoms with Crippen LogP contribution in [-0.4, -0.2) is 9.78 Å². The Labute approximate surface area is 144 Å². The van der Waals surface area contributed by atoms with Gasteiger partial charge in [-0.15, -0.1) is 5.11 Å². The minimum atomic E-state index is 0.528. The lowest BCUT2D eigenvalue weighted by Gasteiger charge is -2.03. The van der Waals surface area contributed by atoms with Crippen molar-refractivity contribution in [3.8, 4) is 5.69 Å². The Hall–Kier alpha value is -2.17. The molecule has 0 spiro atoms. The van der Waals surface area contributed by atoms with Crippen molar-refractivity contribution in [2.24, 2.45) is 10.2 Å². The molecule has 116 valence electrons. The summed E-state index contributed by atoms with van der Waals surface area (Å²) in [4.78, 5) is 0. The van der Waals surface area contributed by atoms with E-state index >= 15 is 0 Å². The monoisotopic (exact) mass is 344 g/mol. The normalized spacial score (nSPS) is 11.3. The van der Waals surface area contributed by atoms with E-state index in [0.29, 0.717) is 15.7 Å². The van der Waals surface area contributed by atoms with Crippen LogP contribution in [0.3, 0.4) is 0 Å². The maximum Gasteiger partial charge on any atom is 0.130 e. The van der Waals surface area contributed by atoms with Gasteiger partial charge in [-0.05, 0) is 44.2 Å². The molecule has 2 aromatic carbocycles. The molecule has 4 nitrogen and oxygen atoms in total. The van der Waals surface area contributed by atoms with Gasteiger partial charge in [0, 0.05) is 10.0 Å². The van der Waals surface area contributed by atoms with Gasteiger partial charge in [-0.3, -0.25) is 0 Å². The highest BCUT2D eigenvalue weighted by molar-refractivity contribution is 6.35. The number of hydrogen-bond donors (Lipinski definition) is 0. The summed E-state index contributed by atoms with van der Waals surface area (Å²) in [5.74, 6) is 0. The molecule has 1 aromatic heterocycles. The van der Waals surface area contributed by atoms with Crippen molar-refractivity contribution in [2.75, 3.05) is 0 Å². The minimum absolute atomic E-state index is 0.528. The summed E-state index contributed by atoms with van der Waals surface area (Å²) in [7, 11) is 0. The van der Waals surface area contributed by atoms with Crippen molar-refractivity contribution in [2.45, 2.75) is 13.8 Å². The summed E-state index contributed by atoms with van der Waals surface area (Å²) < 4.78 is 1.86. The molecule has 0 saturated heterocycles. The zero-order valence-electron chi connectivity index (χ0n) is 12.7. The fraction of sp³-hybridized carbons (Fsp3) is 0.118. The average molecular weight is 345 g/mol. The molecule has 6 heteroatoms. The molecule has 0 fully saturated rings. The second kappa shape index (κ2) is 6.52. The van der Waals surface area contributed by atoms with Gasteiger partial charge in [0.25, 0.3) is 0 Å². The SMILES string of the molecule is Cc1nn(-c2ccccc2)c(C)c1N=Nc1cc(Cl)cc(Cl)c1. The Kier molecular flexibility index (Phi) is 4.46. The van der Waals surface area contributed by atoms with Crippen LogP contribution in [0.2, 0.25) is 10.0 Å². The highest BCUT2D eigenvalue weighted by Gasteiger charge is 2.12. The number of hydrogen-bond acceptors (Lipinski definition) is 3. The van der Waals surface area contributed by atoms with Crippen LogP contribution in [0.5, 0.6) is 0 Å². The van der Waals surface area contributed by atoms with Crippen molar-refractivity contribution < 1.29 is 0 Å². The van der Waals surface area contributed by atoms with E-state index in [1.54, 1.807) is 18.2 Å². The molecule has 0 radical (unpaired) electrons. The smallest absolute Gasteiger partial charge is 0.130 e. The van der Waals surface area contributed by atoms with Gasteiger partial charge in [-0.25, -0.2) is 4.68 Å². The van der Waals surface area contributed by atoms with E-state index in [1.165, 1.54) is 0 Å². The Balaban J connectivity index is 1.98. The van der Waals surface area contributed by atoms with Crippen LogP contribution in [-0.2, 0) is 0 Å². The molecule has 0 N–H and O–H groups in total. The molecule has 23 heavy (non-hydrogen) atoms. The molecule has 0 bridgehead atoms. The summed E-state index contributed by atoms with van der Waals surface area (Å²) in [5.41, 5.74) is 4.06. The van der Waals surface area contributed by atoms with E-state index in [2.05, 4.69) is 15.3 Å². The van der Waals surface area contributed by atoms with Crippen LogP contribution in [0.1, 0.15) is 11.4 Å². The Morgan fingerprint density at radius 2 is 1.57 bits per heavy atom. The van der Waals surface area contributed by atoms with E-state index in [0.717, 1.165) is 22.8 Å². The second-order valence-electron chi connectivity index (χ2n) is 5.09. The van der Waals surface area contributed by atoms with Gasteiger partial charge in [-0.1, -0.05) is 41.4 Å². The first-order valence-corrected chi connectivity index (χ1v) is 7.79. The maximum atomic E-state index is 5.98. The lowest BCUT2D eigenvalue weighted by Crippen LogP contribution is -1.98. The number of rotatable bonds is 3. The summed E-state index contributed by atoms with van der Waals surface area (Å²) >= 11 is 12.0. The average Bonchev–Trinajstić information content (AvgIpc) is 2.80. The summed E-state index contributed by atoms with van der Waals surface area (Å²) in [6, 6.07) is 15.0. The fourth-order valence-electron chi connectivity index (χ4n) is 2.30. The molecule has 3 aromatic rings. The Bertz CT molecular complexity index is 850. The van der Waals surface area contributed by atoms with Gasteiger partial charge >= 0.3 is 0 Å². The highest BCUT2D eigenvalue weighted by atomic mass is 35.5. The third kappa shape index (κ3) is 3.44. The molecule has 0 aliphatic carbocycles. The van der Waals surface area contributed by atoms with Crippen LogP contribution in [0.4, 0.5) is 11.4 Å². The van der Waals surface area contributed by atoms with Gasteiger partial charge in [0.15, 0.2) is 0 Å².